The molecule has 0 aliphatic rings. The number of hydrogen-bond donors (Lipinski definition) is 2. The number of amides is 1. The summed E-state index contributed by atoms with van der Waals surface area (Å²) in [5, 5.41) is 0.427. The Labute approximate surface area is 109 Å². The maximum atomic E-state index is 11.3. The molecule has 0 spiro atoms. The van der Waals surface area contributed by atoms with Crippen molar-refractivity contribution in [3.8, 4) is 11.5 Å². The van der Waals surface area contributed by atoms with E-state index in [1.165, 1.54) is 0 Å². The molecule has 0 saturated heterocycles. The molecule has 92 valence electrons. The summed E-state index contributed by atoms with van der Waals surface area (Å²) in [6.45, 7) is 0. The molecule has 0 aliphatic carbocycles. The SMILES string of the molecule is NC(=O)c1cccc(N)c1Oc1ccccc1Cl. The molecule has 0 radical (unpaired) electrons. The average Bonchev–Trinajstić information content (AvgIpc) is 2.34. The minimum Gasteiger partial charge on any atom is -0.453 e. The molecule has 0 saturated carbocycles. The number of nitrogens with two attached hydrogens (primary N) is 2. The van der Waals surface area contributed by atoms with Crippen LogP contribution in [0.3, 0.4) is 0 Å². The van der Waals surface area contributed by atoms with Crippen molar-refractivity contribution in [3.63, 3.8) is 0 Å². The lowest BCUT2D eigenvalue weighted by molar-refractivity contribution is 0.0998. The van der Waals surface area contributed by atoms with Crippen molar-refractivity contribution in [3.05, 3.63) is 53.1 Å². The number of anilines is 1. The number of hydrogen-bond acceptors (Lipinski definition) is 3. The Morgan fingerprint density at radius 2 is 1.83 bits per heavy atom. The highest BCUT2D eigenvalue weighted by Gasteiger charge is 2.14. The van der Waals surface area contributed by atoms with E-state index in [1.807, 2.05) is 0 Å². The van der Waals surface area contributed by atoms with Gasteiger partial charge < -0.3 is 16.2 Å². The van der Waals surface area contributed by atoms with Crippen LogP contribution in [-0.4, -0.2) is 5.91 Å². The number of rotatable bonds is 3. The summed E-state index contributed by atoms with van der Waals surface area (Å²) in [7, 11) is 0. The fourth-order valence-corrected chi connectivity index (χ4v) is 1.67. The van der Waals surface area contributed by atoms with Gasteiger partial charge in [0.05, 0.1) is 16.3 Å². The third kappa shape index (κ3) is 2.38. The van der Waals surface area contributed by atoms with Crippen molar-refractivity contribution in [2.24, 2.45) is 5.73 Å². The molecule has 0 heterocycles. The monoisotopic (exact) mass is 262 g/mol. The van der Waals surface area contributed by atoms with Crippen LogP contribution in [0.5, 0.6) is 11.5 Å². The molecule has 2 rings (SSSR count). The van der Waals surface area contributed by atoms with Crippen LogP contribution in [0.2, 0.25) is 5.02 Å². The topological polar surface area (TPSA) is 78.3 Å². The van der Waals surface area contributed by atoms with Gasteiger partial charge in [-0.25, -0.2) is 0 Å². The molecule has 4 nitrogen and oxygen atoms in total. The molecule has 2 aromatic carbocycles. The molecule has 0 aromatic heterocycles. The summed E-state index contributed by atoms with van der Waals surface area (Å²) in [6, 6.07) is 11.7. The van der Waals surface area contributed by atoms with Gasteiger partial charge in [0.1, 0.15) is 5.75 Å². The third-order valence-electron chi connectivity index (χ3n) is 2.36. The zero-order valence-electron chi connectivity index (χ0n) is 9.39. The second kappa shape index (κ2) is 4.98. The molecule has 2 aromatic rings. The van der Waals surface area contributed by atoms with E-state index in [0.717, 1.165) is 0 Å². The Morgan fingerprint density at radius 3 is 2.50 bits per heavy atom. The Morgan fingerprint density at radius 1 is 1.11 bits per heavy atom. The summed E-state index contributed by atoms with van der Waals surface area (Å²) in [4.78, 5) is 11.3. The van der Waals surface area contributed by atoms with Crippen molar-refractivity contribution < 1.29 is 9.53 Å². The second-order valence-electron chi connectivity index (χ2n) is 3.62. The molecule has 0 aliphatic heterocycles. The molecule has 0 atom stereocenters. The number of para-hydroxylation sites is 2. The van der Waals surface area contributed by atoms with Crippen molar-refractivity contribution in [1.82, 2.24) is 0 Å². The van der Waals surface area contributed by atoms with Crippen LogP contribution in [0.25, 0.3) is 0 Å². The molecule has 1 amide bonds. The van der Waals surface area contributed by atoms with Crippen LogP contribution in [-0.2, 0) is 0 Å². The number of carbonyl (C=O) groups excluding carboxylic acids is 1. The van der Waals surface area contributed by atoms with E-state index in [2.05, 4.69) is 0 Å². The summed E-state index contributed by atoms with van der Waals surface area (Å²) in [5.74, 6) is 0.0296. The van der Waals surface area contributed by atoms with E-state index in [4.69, 9.17) is 27.8 Å². The fraction of sp³-hybridized carbons (Fsp3) is 0. The van der Waals surface area contributed by atoms with Crippen molar-refractivity contribution in [2.45, 2.75) is 0 Å². The van der Waals surface area contributed by atoms with Gasteiger partial charge in [-0.2, -0.15) is 0 Å². The van der Waals surface area contributed by atoms with Crippen LogP contribution < -0.4 is 16.2 Å². The van der Waals surface area contributed by atoms with Gasteiger partial charge in [-0.3, -0.25) is 4.79 Å². The third-order valence-corrected chi connectivity index (χ3v) is 2.67. The predicted molar refractivity (Wildman–Crippen MR) is 70.9 cm³/mol. The van der Waals surface area contributed by atoms with E-state index >= 15 is 0 Å². The van der Waals surface area contributed by atoms with Gasteiger partial charge >= 0.3 is 0 Å². The Balaban J connectivity index is 2.46. The van der Waals surface area contributed by atoms with E-state index in [1.54, 1.807) is 42.5 Å². The summed E-state index contributed by atoms with van der Waals surface area (Å²) in [6.07, 6.45) is 0. The number of ether oxygens (including phenoxy) is 1. The maximum Gasteiger partial charge on any atom is 0.252 e. The fourth-order valence-electron chi connectivity index (χ4n) is 1.50. The summed E-state index contributed by atoms with van der Waals surface area (Å²) >= 11 is 5.98. The number of halogens is 1. The first kappa shape index (κ1) is 12.3. The molecular formula is C13H11ClN2O2. The van der Waals surface area contributed by atoms with Gasteiger partial charge in [0.25, 0.3) is 5.91 Å². The van der Waals surface area contributed by atoms with Crippen molar-refractivity contribution in [2.75, 3.05) is 5.73 Å². The normalized spacial score (nSPS) is 10.1. The second-order valence-corrected chi connectivity index (χ2v) is 4.03. The number of benzene rings is 2. The summed E-state index contributed by atoms with van der Waals surface area (Å²) < 4.78 is 5.57. The van der Waals surface area contributed by atoms with Gasteiger partial charge in [-0.1, -0.05) is 29.8 Å². The van der Waals surface area contributed by atoms with E-state index < -0.39 is 5.91 Å². The van der Waals surface area contributed by atoms with E-state index in [9.17, 15) is 4.79 Å². The quantitative estimate of drug-likeness (QED) is 0.835. The maximum absolute atomic E-state index is 11.3. The molecule has 4 N–H and O–H groups in total. The van der Waals surface area contributed by atoms with Gasteiger partial charge in [-0.05, 0) is 24.3 Å². The molecule has 0 fully saturated rings. The average molecular weight is 263 g/mol. The Bertz CT molecular complexity index is 599. The number of carbonyl (C=O) groups is 1. The number of nitrogen functional groups attached to an aromatic ring is 1. The first-order valence-electron chi connectivity index (χ1n) is 5.20. The minimum absolute atomic E-state index is 0.218. The Hall–Kier alpha value is -2.20. The van der Waals surface area contributed by atoms with Gasteiger partial charge in [0.2, 0.25) is 0 Å². The van der Waals surface area contributed by atoms with Gasteiger partial charge in [0.15, 0.2) is 5.75 Å². The molecule has 0 bridgehead atoms. The highest BCUT2D eigenvalue weighted by molar-refractivity contribution is 6.32. The van der Waals surface area contributed by atoms with Crippen LogP contribution in [0.4, 0.5) is 5.69 Å². The first-order chi connectivity index (χ1) is 8.59. The zero-order chi connectivity index (χ0) is 13.1. The van der Waals surface area contributed by atoms with Gasteiger partial charge in [-0.15, -0.1) is 0 Å². The Kier molecular flexibility index (Phi) is 3.39. The van der Waals surface area contributed by atoms with Crippen molar-refractivity contribution >= 4 is 23.2 Å². The largest absolute Gasteiger partial charge is 0.453 e. The van der Waals surface area contributed by atoms with E-state index in [-0.39, 0.29) is 11.3 Å². The lowest BCUT2D eigenvalue weighted by Crippen LogP contribution is -2.13. The molecule has 18 heavy (non-hydrogen) atoms. The number of primary amides is 1. The molecule has 5 heteroatoms. The van der Waals surface area contributed by atoms with Crippen LogP contribution in [0, 0.1) is 0 Å². The summed E-state index contributed by atoms with van der Waals surface area (Å²) in [5.41, 5.74) is 11.6. The smallest absolute Gasteiger partial charge is 0.252 e. The molecule has 0 unspecified atom stereocenters. The van der Waals surface area contributed by atoms with Crippen LogP contribution in [0.15, 0.2) is 42.5 Å². The lowest BCUT2D eigenvalue weighted by Gasteiger charge is -2.12. The van der Waals surface area contributed by atoms with Gasteiger partial charge in [0, 0.05) is 0 Å². The highest BCUT2D eigenvalue weighted by atomic mass is 35.5. The van der Waals surface area contributed by atoms with E-state index in [0.29, 0.717) is 16.5 Å². The predicted octanol–water partition coefficient (Wildman–Crippen LogP) is 2.81. The first-order valence-corrected chi connectivity index (χ1v) is 5.58. The zero-order valence-corrected chi connectivity index (χ0v) is 10.1. The molecular weight excluding hydrogens is 252 g/mol. The lowest BCUT2D eigenvalue weighted by atomic mass is 10.1. The standard InChI is InChI=1S/C13H11ClN2O2/c14-9-5-1-2-7-11(9)18-12-8(13(16)17)4-3-6-10(12)15/h1-7H,15H2,(H2,16,17). The highest BCUT2D eigenvalue weighted by Crippen LogP contribution is 2.34. The van der Waals surface area contributed by atoms with Crippen LogP contribution >= 0.6 is 11.6 Å². The minimum atomic E-state index is -0.607. The van der Waals surface area contributed by atoms with Crippen molar-refractivity contribution in [1.29, 1.82) is 0 Å². The van der Waals surface area contributed by atoms with Crippen LogP contribution in [0.1, 0.15) is 10.4 Å².